The Morgan fingerprint density at radius 2 is 2.38 bits per heavy atom. The molecule has 2 aromatic rings. The van der Waals surface area contributed by atoms with Crippen LogP contribution in [0.3, 0.4) is 0 Å². The summed E-state index contributed by atoms with van der Waals surface area (Å²) in [5, 5.41) is 13.0. The van der Waals surface area contributed by atoms with Crippen molar-refractivity contribution < 1.29 is 14.3 Å². The van der Waals surface area contributed by atoms with Gasteiger partial charge in [-0.2, -0.15) is 16.7 Å². The molecule has 1 aromatic heterocycles. The highest BCUT2D eigenvalue weighted by molar-refractivity contribution is 7.99. The number of aromatic nitrogens is 1. The van der Waals surface area contributed by atoms with Crippen LogP contribution in [-0.2, 0) is 0 Å². The largest absolute Gasteiger partial charge is 0.478 e. The van der Waals surface area contributed by atoms with E-state index in [1.54, 1.807) is 12.1 Å². The average Bonchev–Trinajstić information content (AvgIpc) is 3.04. The zero-order valence-electron chi connectivity index (χ0n) is 11.8. The molecule has 1 aliphatic carbocycles. The topological polar surface area (TPSA) is 75.4 Å². The monoisotopic (exact) mass is 306 g/mol. The van der Waals surface area contributed by atoms with Gasteiger partial charge in [-0.25, -0.2) is 4.79 Å². The Balaban J connectivity index is 1.72. The lowest BCUT2D eigenvalue weighted by Gasteiger charge is -2.10. The minimum absolute atomic E-state index is 0.213. The highest BCUT2D eigenvalue weighted by atomic mass is 32.2. The van der Waals surface area contributed by atoms with Gasteiger partial charge in [-0.15, -0.1) is 0 Å². The van der Waals surface area contributed by atoms with Crippen molar-refractivity contribution >= 4 is 34.8 Å². The van der Waals surface area contributed by atoms with Crippen molar-refractivity contribution in [1.29, 1.82) is 0 Å². The Bertz CT molecular complexity index is 655. The number of benzene rings is 1. The van der Waals surface area contributed by atoms with Gasteiger partial charge in [0.25, 0.3) is 6.01 Å². The zero-order valence-corrected chi connectivity index (χ0v) is 12.7. The molecule has 1 saturated carbocycles. The second-order valence-corrected chi connectivity index (χ2v) is 6.82. The van der Waals surface area contributed by atoms with Gasteiger partial charge in [-0.3, -0.25) is 0 Å². The van der Waals surface area contributed by atoms with E-state index in [1.165, 1.54) is 12.5 Å². The van der Waals surface area contributed by atoms with E-state index in [4.69, 9.17) is 9.52 Å². The maximum Gasteiger partial charge on any atom is 0.335 e. The molecule has 21 heavy (non-hydrogen) atoms. The number of hydrogen-bond donors (Lipinski definition) is 2. The molecule has 2 N–H and O–H groups in total. The number of nitrogens with zero attached hydrogens (tertiary/aromatic N) is 1. The SMILES string of the molecule is CCSC1CCC(Nc2nc3ccc(C(=O)O)cc3o2)C1. The number of carbonyl (C=O) groups is 1. The number of oxazole rings is 1. The summed E-state index contributed by atoms with van der Waals surface area (Å²) in [6, 6.07) is 5.61. The van der Waals surface area contributed by atoms with E-state index in [1.807, 2.05) is 11.8 Å². The first kappa shape index (κ1) is 14.3. The summed E-state index contributed by atoms with van der Waals surface area (Å²) in [5.41, 5.74) is 1.40. The first-order valence-electron chi connectivity index (χ1n) is 7.17. The molecule has 3 rings (SSSR count). The molecule has 0 bridgehead atoms. The van der Waals surface area contributed by atoms with Crippen molar-refractivity contribution in [2.75, 3.05) is 11.1 Å². The van der Waals surface area contributed by atoms with Crippen LogP contribution in [0, 0.1) is 0 Å². The third-order valence-electron chi connectivity index (χ3n) is 3.75. The molecule has 2 atom stereocenters. The number of rotatable bonds is 5. The first-order valence-corrected chi connectivity index (χ1v) is 8.22. The Kier molecular flexibility index (Phi) is 4.05. The minimum Gasteiger partial charge on any atom is -0.478 e. The van der Waals surface area contributed by atoms with E-state index in [2.05, 4.69) is 17.2 Å². The number of hydrogen-bond acceptors (Lipinski definition) is 5. The summed E-state index contributed by atoms with van der Waals surface area (Å²) in [4.78, 5) is 15.3. The predicted octanol–water partition coefficient (Wildman–Crippen LogP) is 3.61. The summed E-state index contributed by atoms with van der Waals surface area (Å²) in [6.45, 7) is 2.19. The molecule has 1 fully saturated rings. The Labute approximate surface area is 127 Å². The number of nitrogens with one attached hydrogen (secondary N) is 1. The van der Waals surface area contributed by atoms with Crippen LogP contribution in [0.1, 0.15) is 36.5 Å². The lowest BCUT2D eigenvalue weighted by Crippen LogP contribution is -2.16. The third-order valence-corrected chi connectivity index (χ3v) is 4.98. The second kappa shape index (κ2) is 5.97. The molecule has 1 aliphatic rings. The average molecular weight is 306 g/mol. The van der Waals surface area contributed by atoms with Crippen LogP contribution in [0.2, 0.25) is 0 Å². The minimum atomic E-state index is -0.960. The number of thioether (sulfide) groups is 1. The zero-order chi connectivity index (χ0) is 14.8. The van der Waals surface area contributed by atoms with E-state index >= 15 is 0 Å². The van der Waals surface area contributed by atoms with Gasteiger partial charge < -0.3 is 14.8 Å². The molecule has 0 aliphatic heterocycles. The van der Waals surface area contributed by atoms with Gasteiger partial charge in [-0.1, -0.05) is 6.92 Å². The van der Waals surface area contributed by atoms with Crippen molar-refractivity contribution in [3.05, 3.63) is 23.8 Å². The molecule has 1 aromatic carbocycles. The van der Waals surface area contributed by atoms with Gasteiger partial charge in [0.1, 0.15) is 5.52 Å². The third kappa shape index (κ3) is 3.15. The normalized spacial score (nSPS) is 21.8. The maximum atomic E-state index is 10.9. The predicted molar refractivity (Wildman–Crippen MR) is 84.2 cm³/mol. The number of anilines is 1. The standard InChI is InChI=1S/C15H18N2O3S/c1-2-21-11-5-4-10(8-11)16-15-17-12-6-3-9(14(18)19)7-13(12)20-15/h3,6-7,10-11H,2,4-5,8H2,1H3,(H,16,17)(H,18,19). The molecule has 5 nitrogen and oxygen atoms in total. The summed E-state index contributed by atoms with van der Waals surface area (Å²) in [6.07, 6.45) is 3.47. The molecule has 0 saturated heterocycles. The molecule has 0 amide bonds. The van der Waals surface area contributed by atoms with E-state index < -0.39 is 5.97 Å². The van der Waals surface area contributed by atoms with Crippen molar-refractivity contribution in [2.24, 2.45) is 0 Å². The lowest BCUT2D eigenvalue weighted by molar-refractivity contribution is 0.0697. The van der Waals surface area contributed by atoms with Crippen LogP contribution in [0.15, 0.2) is 22.6 Å². The van der Waals surface area contributed by atoms with Crippen LogP contribution < -0.4 is 5.32 Å². The quantitative estimate of drug-likeness (QED) is 0.879. The van der Waals surface area contributed by atoms with Gasteiger partial charge in [0.05, 0.1) is 5.56 Å². The lowest BCUT2D eigenvalue weighted by atomic mass is 10.2. The van der Waals surface area contributed by atoms with Crippen molar-refractivity contribution in [3.8, 4) is 0 Å². The first-order chi connectivity index (χ1) is 10.2. The molecule has 2 unspecified atom stereocenters. The van der Waals surface area contributed by atoms with E-state index in [-0.39, 0.29) is 5.56 Å². The van der Waals surface area contributed by atoms with E-state index in [0.29, 0.717) is 23.2 Å². The molecule has 6 heteroatoms. The van der Waals surface area contributed by atoms with Crippen LogP contribution in [-0.4, -0.2) is 33.1 Å². The molecule has 112 valence electrons. The highest BCUT2D eigenvalue weighted by Gasteiger charge is 2.25. The summed E-state index contributed by atoms with van der Waals surface area (Å²) < 4.78 is 5.62. The van der Waals surface area contributed by atoms with Crippen LogP contribution in [0.25, 0.3) is 11.1 Å². The van der Waals surface area contributed by atoms with Crippen molar-refractivity contribution in [2.45, 2.75) is 37.5 Å². The number of carboxylic acid groups (broad SMARTS) is 1. The summed E-state index contributed by atoms with van der Waals surface area (Å²) >= 11 is 2.01. The van der Waals surface area contributed by atoms with Crippen LogP contribution in [0.4, 0.5) is 6.01 Å². The van der Waals surface area contributed by atoms with Crippen molar-refractivity contribution in [3.63, 3.8) is 0 Å². The second-order valence-electron chi connectivity index (χ2n) is 5.24. The highest BCUT2D eigenvalue weighted by Crippen LogP contribution is 2.32. The summed E-state index contributed by atoms with van der Waals surface area (Å²) in [7, 11) is 0. The van der Waals surface area contributed by atoms with Crippen molar-refractivity contribution in [1.82, 2.24) is 4.98 Å². The van der Waals surface area contributed by atoms with E-state index in [0.717, 1.165) is 23.8 Å². The molecule has 0 radical (unpaired) electrons. The fourth-order valence-corrected chi connectivity index (χ4v) is 3.89. The smallest absolute Gasteiger partial charge is 0.335 e. The molecule has 1 heterocycles. The maximum absolute atomic E-state index is 10.9. The van der Waals surface area contributed by atoms with Crippen LogP contribution in [0.5, 0.6) is 0 Å². The van der Waals surface area contributed by atoms with Gasteiger partial charge in [-0.05, 0) is 43.2 Å². The van der Waals surface area contributed by atoms with Gasteiger partial charge in [0.2, 0.25) is 0 Å². The number of carboxylic acids is 1. The van der Waals surface area contributed by atoms with Gasteiger partial charge in [0.15, 0.2) is 5.58 Å². The van der Waals surface area contributed by atoms with Gasteiger partial charge in [0, 0.05) is 11.3 Å². The Morgan fingerprint density at radius 3 is 3.14 bits per heavy atom. The molecule has 0 spiro atoms. The Morgan fingerprint density at radius 1 is 1.52 bits per heavy atom. The fraction of sp³-hybridized carbons (Fsp3) is 0.467. The van der Waals surface area contributed by atoms with E-state index in [9.17, 15) is 4.79 Å². The Hall–Kier alpha value is -1.69. The van der Waals surface area contributed by atoms with Gasteiger partial charge >= 0.3 is 5.97 Å². The molecular weight excluding hydrogens is 288 g/mol. The van der Waals surface area contributed by atoms with Crippen LogP contribution >= 0.6 is 11.8 Å². The summed E-state index contributed by atoms with van der Waals surface area (Å²) in [5.74, 6) is 0.191. The molecular formula is C15H18N2O3S. The number of fused-ring (bicyclic) bond motifs is 1. The number of aromatic carboxylic acids is 1. The fourth-order valence-electron chi connectivity index (χ4n) is 2.75.